The van der Waals surface area contributed by atoms with Gasteiger partial charge in [-0.3, -0.25) is 19.5 Å². The van der Waals surface area contributed by atoms with E-state index in [0.29, 0.717) is 11.9 Å². The number of ether oxygens (including phenoxy) is 1. The average molecular weight is 413 g/mol. The smallest absolute Gasteiger partial charge is 0.419 e. The van der Waals surface area contributed by atoms with Crippen LogP contribution in [0.1, 0.15) is 17.8 Å². The lowest BCUT2D eigenvalue weighted by molar-refractivity contribution is -0.384. The molecule has 0 aliphatic heterocycles. The van der Waals surface area contributed by atoms with Crippen molar-refractivity contribution in [1.82, 2.24) is 9.55 Å². The maximum Gasteiger partial charge on any atom is 0.419 e. The molecule has 0 radical (unpaired) electrons. The maximum absolute atomic E-state index is 12.0. The summed E-state index contributed by atoms with van der Waals surface area (Å²) >= 11 is 1.47. The van der Waals surface area contributed by atoms with E-state index in [2.05, 4.69) is 4.98 Å². The second-order valence-corrected chi connectivity index (χ2v) is 7.38. The van der Waals surface area contributed by atoms with E-state index in [1.807, 2.05) is 24.3 Å². The molecule has 0 bridgehead atoms. The molecular formula is C19H15N3O6S. The van der Waals surface area contributed by atoms with Crippen molar-refractivity contribution in [3.05, 3.63) is 68.1 Å². The van der Waals surface area contributed by atoms with Crippen LogP contribution in [-0.2, 0) is 22.7 Å². The van der Waals surface area contributed by atoms with E-state index in [0.717, 1.165) is 15.2 Å². The summed E-state index contributed by atoms with van der Waals surface area (Å²) in [6.45, 7) is 0.344. The molecule has 0 aliphatic carbocycles. The quantitative estimate of drug-likeness (QED) is 0.258. The van der Waals surface area contributed by atoms with Gasteiger partial charge in [0.15, 0.2) is 5.58 Å². The van der Waals surface area contributed by atoms with Gasteiger partial charge in [-0.05, 0) is 24.6 Å². The van der Waals surface area contributed by atoms with E-state index in [1.54, 1.807) is 0 Å². The van der Waals surface area contributed by atoms with Crippen LogP contribution in [0.5, 0.6) is 0 Å². The minimum atomic E-state index is -0.622. The average Bonchev–Trinajstić information content (AvgIpc) is 3.26. The highest BCUT2D eigenvalue weighted by molar-refractivity contribution is 7.18. The van der Waals surface area contributed by atoms with Gasteiger partial charge in [0.2, 0.25) is 0 Å². The van der Waals surface area contributed by atoms with Gasteiger partial charge in [-0.1, -0.05) is 12.1 Å². The summed E-state index contributed by atoms with van der Waals surface area (Å²) < 4.78 is 12.7. The van der Waals surface area contributed by atoms with Crippen LogP contribution >= 0.6 is 11.3 Å². The van der Waals surface area contributed by atoms with E-state index >= 15 is 0 Å². The fraction of sp³-hybridized carbons (Fsp3) is 0.211. The number of aryl methyl sites for hydroxylation is 1. The van der Waals surface area contributed by atoms with Crippen molar-refractivity contribution in [2.45, 2.75) is 26.0 Å². The standard InChI is InChI=1S/C19H15N3O6S/c23-18(27-11-17-20-13-4-1-2-5-16(13)29-17)6-3-9-21-14-8-7-12(22(25)26)10-15(14)28-19(21)24/h1-2,4-5,7-8,10H,3,6,9,11H2. The van der Waals surface area contributed by atoms with Crippen LogP contribution < -0.4 is 5.76 Å². The largest absolute Gasteiger partial charge is 0.458 e. The summed E-state index contributed by atoms with van der Waals surface area (Å²) in [6, 6.07) is 11.7. The predicted octanol–water partition coefficient (Wildman–Crippen LogP) is 3.64. The lowest BCUT2D eigenvalue weighted by atomic mass is 10.2. The highest BCUT2D eigenvalue weighted by atomic mass is 32.1. The van der Waals surface area contributed by atoms with Crippen molar-refractivity contribution in [2.24, 2.45) is 0 Å². The number of benzene rings is 2. The molecule has 0 saturated carbocycles. The van der Waals surface area contributed by atoms with Crippen LogP contribution in [0.25, 0.3) is 21.3 Å². The van der Waals surface area contributed by atoms with Gasteiger partial charge in [-0.15, -0.1) is 11.3 Å². The molecule has 148 valence electrons. The molecule has 2 aromatic heterocycles. The summed E-state index contributed by atoms with van der Waals surface area (Å²) in [5.41, 5.74) is 1.30. The Kier molecular flexibility index (Phi) is 5.09. The van der Waals surface area contributed by atoms with Crippen molar-refractivity contribution in [1.29, 1.82) is 0 Å². The van der Waals surface area contributed by atoms with Crippen LogP contribution in [-0.4, -0.2) is 20.4 Å². The third kappa shape index (κ3) is 4.02. The van der Waals surface area contributed by atoms with Crippen LogP contribution in [0.15, 0.2) is 51.7 Å². The molecule has 4 aromatic rings. The number of carbonyl (C=O) groups excluding carboxylic acids is 1. The minimum Gasteiger partial charge on any atom is -0.458 e. The van der Waals surface area contributed by atoms with E-state index in [-0.39, 0.29) is 36.8 Å². The first-order valence-electron chi connectivity index (χ1n) is 8.79. The third-order valence-corrected chi connectivity index (χ3v) is 5.33. The second-order valence-electron chi connectivity index (χ2n) is 6.27. The number of nitro benzene ring substituents is 1. The number of rotatable bonds is 7. The van der Waals surface area contributed by atoms with Gasteiger partial charge >= 0.3 is 11.7 Å². The van der Waals surface area contributed by atoms with Gasteiger partial charge in [-0.2, -0.15) is 0 Å². The fourth-order valence-electron chi connectivity index (χ4n) is 2.96. The number of fused-ring (bicyclic) bond motifs is 2. The van der Waals surface area contributed by atoms with Gasteiger partial charge < -0.3 is 9.15 Å². The number of non-ortho nitro benzene ring substituents is 1. The number of oxazole rings is 1. The zero-order valence-electron chi connectivity index (χ0n) is 15.1. The second kappa shape index (κ2) is 7.84. The van der Waals surface area contributed by atoms with E-state index in [4.69, 9.17) is 9.15 Å². The van der Waals surface area contributed by atoms with Crippen LogP contribution in [0.4, 0.5) is 5.69 Å². The summed E-state index contributed by atoms with van der Waals surface area (Å²) in [6.07, 6.45) is 0.487. The maximum atomic E-state index is 12.0. The van der Waals surface area contributed by atoms with Crippen molar-refractivity contribution in [3.8, 4) is 0 Å². The number of thiazole rings is 1. The lowest BCUT2D eigenvalue weighted by Gasteiger charge is -2.04. The van der Waals surface area contributed by atoms with Crippen molar-refractivity contribution in [3.63, 3.8) is 0 Å². The zero-order chi connectivity index (χ0) is 20.4. The Morgan fingerprint density at radius 3 is 2.90 bits per heavy atom. The number of hydrogen-bond acceptors (Lipinski definition) is 8. The molecule has 2 heterocycles. The molecule has 0 saturated heterocycles. The highest BCUT2D eigenvalue weighted by Gasteiger charge is 2.14. The molecule has 4 rings (SSSR count). The minimum absolute atomic E-state index is 0.108. The van der Waals surface area contributed by atoms with Crippen LogP contribution in [0.3, 0.4) is 0 Å². The highest BCUT2D eigenvalue weighted by Crippen LogP contribution is 2.22. The zero-order valence-corrected chi connectivity index (χ0v) is 15.9. The molecule has 9 nitrogen and oxygen atoms in total. The van der Waals surface area contributed by atoms with Gasteiger partial charge in [0.05, 0.1) is 26.7 Å². The first-order chi connectivity index (χ1) is 14.0. The summed E-state index contributed by atoms with van der Waals surface area (Å²) in [7, 11) is 0. The Morgan fingerprint density at radius 2 is 2.10 bits per heavy atom. The Morgan fingerprint density at radius 1 is 1.28 bits per heavy atom. The Labute approximate surface area is 167 Å². The van der Waals surface area contributed by atoms with Crippen LogP contribution in [0.2, 0.25) is 0 Å². The third-order valence-electron chi connectivity index (χ3n) is 4.32. The number of nitrogens with zero attached hydrogens (tertiary/aromatic N) is 3. The van der Waals surface area contributed by atoms with Crippen molar-refractivity contribution < 1.29 is 18.9 Å². The number of para-hydroxylation sites is 1. The topological polar surface area (TPSA) is 117 Å². The van der Waals surface area contributed by atoms with Gasteiger partial charge in [-0.25, -0.2) is 9.78 Å². The summed E-state index contributed by atoms with van der Waals surface area (Å²) in [5, 5.41) is 11.5. The monoisotopic (exact) mass is 413 g/mol. The molecule has 2 aromatic carbocycles. The summed E-state index contributed by atoms with van der Waals surface area (Å²) in [5.74, 6) is -1.01. The lowest BCUT2D eigenvalue weighted by Crippen LogP contribution is -2.15. The summed E-state index contributed by atoms with van der Waals surface area (Å²) in [4.78, 5) is 38.7. The van der Waals surface area contributed by atoms with Crippen molar-refractivity contribution in [2.75, 3.05) is 0 Å². The number of hydrogen-bond donors (Lipinski definition) is 0. The van der Waals surface area contributed by atoms with Gasteiger partial charge in [0, 0.05) is 19.0 Å². The Balaban J connectivity index is 1.33. The van der Waals surface area contributed by atoms with Crippen molar-refractivity contribution >= 4 is 44.3 Å². The molecular weight excluding hydrogens is 398 g/mol. The first-order valence-corrected chi connectivity index (χ1v) is 9.61. The molecule has 0 amide bonds. The van der Waals surface area contributed by atoms with E-state index in [1.165, 1.54) is 34.1 Å². The van der Waals surface area contributed by atoms with Gasteiger partial charge in [0.1, 0.15) is 11.6 Å². The number of nitro groups is 1. The molecule has 0 fully saturated rings. The number of aromatic nitrogens is 2. The van der Waals surface area contributed by atoms with E-state index in [9.17, 15) is 19.7 Å². The molecule has 0 N–H and O–H groups in total. The number of carbonyl (C=O) groups is 1. The Hall–Kier alpha value is -3.53. The molecule has 0 spiro atoms. The molecule has 0 aliphatic rings. The van der Waals surface area contributed by atoms with Crippen LogP contribution in [0, 0.1) is 10.1 Å². The Bertz CT molecular complexity index is 1240. The fourth-order valence-corrected chi connectivity index (χ4v) is 3.84. The molecule has 29 heavy (non-hydrogen) atoms. The van der Waals surface area contributed by atoms with Gasteiger partial charge in [0.25, 0.3) is 5.69 Å². The molecule has 0 atom stereocenters. The SMILES string of the molecule is O=C(CCCn1c(=O)oc2cc([N+](=O)[O-])ccc21)OCc1nc2ccccc2s1. The number of esters is 1. The molecule has 0 unspecified atom stereocenters. The normalized spacial score (nSPS) is 11.2. The molecule has 10 heteroatoms. The predicted molar refractivity (Wildman–Crippen MR) is 106 cm³/mol. The first kappa shape index (κ1) is 18.8. The van der Waals surface area contributed by atoms with E-state index < -0.39 is 10.7 Å².